The molecule has 4 aromatic rings. The SMILES string of the molecule is O=C(NCCc1c[nH]c2ccccc12)c1ccc(Cl)c(NS(=O)(=O)c2ccc(F)cc2)c1. The molecule has 6 nitrogen and oxygen atoms in total. The number of sulfonamides is 1. The van der Waals surface area contributed by atoms with E-state index in [0.717, 1.165) is 40.7 Å². The molecule has 0 unspecified atom stereocenters. The Hall–Kier alpha value is -3.36. The Balaban J connectivity index is 1.44. The molecule has 9 heteroatoms. The molecule has 3 aromatic carbocycles. The Morgan fingerprint density at radius 1 is 1.03 bits per heavy atom. The summed E-state index contributed by atoms with van der Waals surface area (Å²) in [4.78, 5) is 15.7. The summed E-state index contributed by atoms with van der Waals surface area (Å²) in [5, 5.41) is 4.07. The highest BCUT2D eigenvalue weighted by molar-refractivity contribution is 7.92. The third-order valence-electron chi connectivity index (χ3n) is 4.95. The number of carbonyl (C=O) groups excluding carboxylic acids is 1. The molecule has 0 aliphatic heterocycles. The fourth-order valence-electron chi connectivity index (χ4n) is 3.31. The van der Waals surface area contributed by atoms with Crippen LogP contribution < -0.4 is 10.0 Å². The largest absolute Gasteiger partial charge is 0.361 e. The first-order valence-electron chi connectivity index (χ1n) is 9.74. The molecular weight excluding hydrogens is 453 g/mol. The van der Waals surface area contributed by atoms with Crippen LogP contribution in [0.15, 0.2) is 77.8 Å². The molecule has 0 bridgehead atoms. The second-order valence-electron chi connectivity index (χ2n) is 7.12. The van der Waals surface area contributed by atoms with Gasteiger partial charge in [-0.3, -0.25) is 9.52 Å². The van der Waals surface area contributed by atoms with Crippen LogP contribution in [0.1, 0.15) is 15.9 Å². The van der Waals surface area contributed by atoms with E-state index < -0.39 is 15.8 Å². The van der Waals surface area contributed by atoms with Gasteiger partial charge in [-0.05, 0) is 60.5 Å². The van der Waals surface area contributed by atoms with Gasteiger partial charge >= 0.3 is 0 Å². The lowest BCUT2D eigenvalue weighted by molar-refractivity contribution is 0.0954. The Kier molecular flexibility index (Phi) is 6.16. The summed E-state index contributed by atoms with van der Waals surface area (Å²) < 4.78 is 40.6. The highest BCUT2D eigenvalue weighted by Crippen LogP contribution is 2.26. The number of nitrogens with one attached hydrogen (secondary N) is 3. The predicted molar refractivity (Wildman–Crippen MR) is 123 cm³/mol. The molecule has 3 N–H and O–H groups in total. The van der Waals surface area contributed by atoms with Gasteiger partial charge in [0, 0.05) is 29.2 Å². The van der Waals surface area contributed by atoms with Gasteiger partial charge in [-0.25, -0.2) is 12.8 Å². The predicted octanol–water partition coefficient (Wildman–Crippen LogP) is 4.73. The summed E-state index contributed by atoms with van der Waals surface area (Å²) in [5.41, 5.74) is 2.43. The molecule has 0 spiro atoms. The number of carbonyl (C=O) groups is 1. The highest BCUT2D eigenvalue weighted by atomic mass is 35.5. The van der Waals surface area contributed by atoms with E-state index in [1.807, 2.05) is 30.5 Å². The maximum atomic E-state index is 13.1. The van der Waals surface area contributed by atoms with E-state index in [4.69, 9.17) is 11.6 Å². The fourth-order valence-corrected chi connectivity index (χ4v) is 4.60. The zero-order valence-corrected chi connectivity index (χ0v) is 18.3. The van der Waals surface area contributed by atoms with Crippen LogP contribution in [0.4, 0.5) is 10.1 Å². The third kappa shape index (κ3) is 4.76. The molecule has 0 fully saturated rings. The Morgan fingerprint density at radius 3 is 2.56 bits per heavy atom. The van der Waals surface area contributed by atoms with Gasteiger partial charge in [0.05, 0.1) is 15.6 Å². The molecule has 0 aliphatic rings. The van der Waals surface area contributed by atoms with Crippen LogP contribution in [-0.2, 0) is 16.4 Å². The Morgan fingerprint density at radius 2 is 1.78 bits per heavy atom. The molecule has 1 heterocycles. The number of halogens is 2. The molecule has 1 amide bonds. The van der Waals surface area contributed by atoms with Crippen molar-refractivity contribution >= 4 is 44.1 Å². The second kappa shape index (κ2) is 9.02. The number of hydrogen-bond acceptors (Lipinski definition) is 3. The van der Waals surface area contributed by atoms with Crippen molar-refractivity contribution in [3.05, 3.63) is 94.9 Å². The molecule has 0 radical (unpaired) electrons. The van der Waals surface area contributed by atoms with Crippen LogP contribution in [0, 0.1) is 5.82 Å². The topological polar surface area (TPSA) is 91.1 Å². The van der Waals surface area contributed by atoms with Gasteiger partial charge in [0.2, 0.25) is 0 Å². The first-order valence-corrected chi connectivity index (χ1v) is 11.6. The minimum Gasteiger partial charge on any atom is -0.361 e. The summed E-state index contributed by atoms with van der Waals surface area (Å²) in [7, 11) is -4.00. The molecule has 1 aromatic heterocycles. The number of H-pyrrole nitrogens is 1. The van der Waals surface area contributed by atoms with Crippen molar-refractivity contribution in [2.75, 3.05) is 11.3 Å². The number of rotatable bonds is 7. The van der Waals surface area contributed by atoms with Crippen molar-refractivity contribution in [3.8, 4) is 0 Å². The van der Waals surface area contributed by atoms with Crippen LogP contribution >= 0.6 is 11.6 Å². The standard InChI is InChI=1S/C23H19ClFN3O3S/c24-20-10-5-15(13-22(20)28-32(30,31)18-8-6-17(25)7-9-18)23(29)26-12-11-16-14-27-21-4-2-1-3-19(16)21/h1-10,13-14,27-28H,11-12H2,(H,26,29). The minimum atomic E-state index is -4.00. The van der Waals surface area contributed by atoms with E-state index in [1.54, 1.807) is 0 Å². The van der Waals surface area contributed by atoms with Gasteiger partial charge in [0.1, 0.15) is 5.82 Å². The molecule has 32 heavy (non-hydrogen) atoms. The van der Waals surface area contributed by atoms with E-state index >= 15 is 0 Å². The second-order valence-corrected chi connectivity index (χ2v) is 9.21. The van der Waals surface area contributed by atoms with E-state index in [9.17, 15) is 17.6 Å². The minimum absolute atomic E-state index is 0.0558. The smallest absolute Gasteiger partial charge is 0.261 e. The van der Waals surface area contributed by atoms with Crippen molar-refractivity contribution in [3.63, 3.8) is 0 Å². The number of benzene rings is 3. The molecule has 0 saturated heterocycles. The molecular formula is C23H19ClFN3O3S. The molecule has 4 rings (SSSR count). The van der Waals surface area contributed by atoms with E-state index in [0.29, 0.717) is 13.0 Å². The summed E-state index contributed by atoms with van der Waals surface area (Å²) in [6.07, 6.45) is 2.55. The number of amides is 1. The van der Waals surface area contributed by atoms with Crippen LogP contribution in [-0.4, -0.2) is 25.9 Å². The molecule has 0 saturated carbocycles. The number of para-hydroxylation sites is 1. The van der Waals surface area contributed by atoms with Crippen molar-refractivity contribution in [1.82, 2.24) is 10.3 Å². The van der Waals surface area contributed by atoms with E-state index in [1.165, 1.54) is 18.2 Å². The van der Waals surface area contributed by atoms with Crippen LogP contribution in [0.3, 0.4) is 0 Å². The Bertz CT molecular complexity index is 1390. The fraction of sp³-hybridized carbons (Fsp3) is 0.0870. The molecule has 0 aliphatic carbocycles. The normalized spacial score (nSPS) is 11.4. The van der Waals surface area contributed by atoms with Crippen molar-refractivity contribution in [2.45, 2.75) is 11.3 Å². The summed E-state index contributed by atoms with van der Waals surface area (Å²) in [6, 6.07) is 16.6. The van der Waals surface area contributed by atoms with Gasteiger partial charge in [0.25, 0.3) is 15.9 Å². The highest BCUT2D eigenvalue weighted by Gasteiger charge is 2.17. The summed E-state index contributed by atoms with van der Waals surface area (Å²) >= 11 is 6.12. The van der Waals surface area contributed by atoms with E-state index in [2.05, 4.69) is 15.0 Å². The molecule has 164 valence electrons. The Labute approximate surface area is 189 Å². The zero-order chi connectivity index (χ0) is 22.7. The summed E-state index contributed by atoms with van der Waals surface area (Å²) in [5.74, 6) is -0.906. The average molecular weight is 472 g/mol. The maximum Gasteiger partial charge on any atom is 0.261 e. The lowest BCUT2D eigenvalue weighted by Crippen LogP contribution is -2.25. The first-order chi connectivity index (χ1) is 15.3. The van der Waals surface area contributed by atoms with Gasteiger partial charge in [-0.1, -0.05) is 29.8 Å². The number of aromatic amines is 1. The number of anilines is 1. The monoisotopic (exact) mass is 471 g/mol. The first kappa shape index (κ1) is 21.9. The quantitative estimate of drug-likeness (QED) is 0.364. The molecule has 0 atom stereocenters. The van der Waals surface area contributed by atoms with Crippen LogP contribution in [0.25, 0.3) is 10.9 Å². The van der Waals surface area contributed by atoms with Gasteiger partial charge in [-0.2, -0.15) is 0 Å². The number of fused-ring (bicyclic) bond motifs is 1. The maximum absolute atomic E-state index is 13.1. The van der Waals surface area contributed by atoms with Crippen molar-refractivity contribution in [1.29, 1.82) is 0 Å². The summed E-state index contributed by atoms with van der Waals surface area (Å²) in [6.45, 7) is 0.403. The van der Waals surface area contributed by atoms with Crippen molar-refractivity contribution in [2.24, 2.45) is 0 Å². The van der Waals surface area contributed by atoms with Crippen LogP contribution in [0.5, 0.6) is 0 Å². The van der Waals surface area contributed by atoms with Crippen molar-refractivity contribution < 1.29 is 17.6 Å². The van der Waals surface area contributed by atoms with Gasteiger partial charge in [-0.15, -0.1) is 0 Å². The number of aromatic nitrogens is 1. The average Bonchev–Trinajstić information content (AvgIpc) is 3.18. The van der Waals surface area contributed by atoms with E-state index in [-0.39, 0.29) is 27.1 Å². The lowest BCUT2D eigenvalue weighted by Gasteiger charge is -2.12. The number of hydrogen-bond donors (Lipinski definition) is 3. The van der Waals surface area contributed by atoms with Gasteiger partial charge in [0.15, 0.2) is 0 Å². The van der Waals surface area contributed by atoms with Gasteiger partial charge < -0.3 is 10.3 Å². The third-order valence-corrected chi connectivity index (χ3v) is 6.66. The zero-order valence-electron chi connectivity index (χ0n) is 16.7. The van der Waals surface area contributed by atoms with Crippen LogP contribution in [0.2, 0.25) is 5.02 Å². The lowest BCUT2D eigenvalue weighted by atomic mass is 10.1.